The molecule has 0 saturated carbocycles. The predicted octanol–water partition coefficient (Wildman–Crippen LogP) is 1.46. The van der Waals surface area contributed by atoms with Crippen molar-refractivity contribution in [2.75, 3.05) is 6.26 Å². The van der Waals surface area contributed by atoms with Gasteiger partial charge in [0.1, 0.15) is 6.07 Å². The van der Waals surface area contributed by atoms with Crippen molar-refractivity contribution in [1.82, 2.24) is 0 Å². The lowest BCUT2D eigenvalue weighted by Gasteiger charge is -2.04. The van der Waals surface area contributed by atoms with Gasteiger partial charge in [-0.1, -0.05) is 6.07 Å². The molecule has 0 fully saturated rings. The zero-order chi connectivity index (χ0) is 14.6. The molecule has 1 aromatic carbocycles. The quantitative estimate of drug-likeness (QED) is 0.613. The Balaban J connectivity index is 3.59. The first-order valence-electron chi connectivity index (χ1n) is 5.16. The van der Waals surface area contributed by atoms with Gasteiger partial charge >= 0.3 is 0 Å². The van der Waals surface area contributed by atoms with Crippen molar-refractivity contribution in [2.24, 2.45) is 0 Å². The van der Waals surface area contributed by atoms with E-state index >= 15 is 0 Å². The maximum atomic E-state index is 11.7. The molecule has 0 bridgehead atoms. The number of benzene rings is 1. The molecule has 0 aliphatic carbocycles. The fraction of sp³-hybridized carbons (Fsp3) is 0.154. The Morgan fingerprint density at radius 2 is 1.95 bits per heavy atom. The first-order chi connectivity index (χ1) is 8.79. The highest BCUT2D eigenvalue weighted by Gasteiger charge is 2.14. The number of hydrogen-bond donors (Lipinski definition) is 0. The van der Waals surface area contributed by atoms with Crippen LogP contribution in [0.5, 0.6) is 0 Å². The summed E-state index contributed by atoms with van der Waals surface area (Å²) in [7, 11) is -3.56. The SMILES string of the molecule is CC(=O)C(C#N)=Cc1ccc(C#N)cc1S(C)(=O)=O. The fourth-order valence-electron chi connectivity index (χ4n) is 1.41. The summed E-state index contributed by atoms with van der Waals surface area (Å²) < 4.78 is 23.3. The normalized spacial score (nSPS) is 11.5. The van der Waals surface area contributed by atoms with Crippen molar-refractivity contribution in [3.05, 3.63) is 34.9 Å². The number of Topliss-reactive ketones (excluding diaryl/α,β-unsaturated/α-hetero) is 1. The van der Waals surface area contributed by atoms with Crippen LogP contribution in [0.4, 0.5) is 0 Å². The Bertz CT molecular complexity index is 747. The van der Waals surface area contributed by atoms with Crippen LogP contribution in [0.1, 0.15) is 18.1 Å². The lowest BCUT2D eigenvalue weighted by molar-refractivity contribution is -0.113. The van der Waals surface area contributed by atoms with Gasteiger partial charge < -0.3 is 0 Å². The van der Waals surface area contributed by atoms with Gasteiger partial charge in [0.2, 0.25) is 0 Å². The van der Waals surface area contributed by atoms with Crippen LogP contribution in [0.3, 0.4) is 0 Å². The van der Waals surface area contributed by atoms with Gasteiger partial charge in [0.15, 0.2) is 15.6 Å². The van der Waals surface area contributed by atoms with Gasteiger partial charge in [0.05, 0.1) is 22.1 Å². The minimum atomic E-state index is -3.56. The lowest BCUT2D eigenvalue weighted by Crippen LogP contribution is -2.02. The molecule has 1 rings (SSSR count). The second-order valence-electron chi connectivity index (χ2n) is 3.86. The molecule has 6 heteroatoms. The molecule has 1 aromatic rings. The maximum absolute atomic E-state index is 11.7. The first-order valence-corrected chi connectivity index (χ1v) is 7.05. The molecule has 0 aliphatic heterocycles. The molecule has 0 radical (unpaired) electrons. The van der Waals surface area contributed by atoms with Crippen molar-refractivity contribution in [3.8, 4) is 12.1 Å². The molecule has 0 aliphatic rings. The zero-order valence-corrected chi connectivity index (χ0v) is 11.2. The molecular formula is C13H10N2O3S. The number of nitriles is 2. The summed E-state index contributed by atoms with van der Waals surface area (Å²) in [6.07, 6.45) is 2.21. The molecule has 0 heterocycles. The van der Waals surface area contributed by atoms with E-state index in [0.717, 1.165) is 6.26 Å². The molecular weight excluding hydrogens is 264 g/mol. The molecule has 0 aromatic heterocycles. The molecule has 0 saturated heterocycles. The average Bonchev–Trinajstić information content (AvgIpc) is 2.34. The van der Waals surface area contributed by atoms with E-state index in [9.17, 15) is 13.2 Å². The van der Waals surface area contributed by atoms with Crippen LogP contribution in [0.15, 0.2) is 28.7 Å². The zero-order valence-electron chi connectivity index (χ0n) is 10.3. The van der Waals surface area contributed by atoms with E-state index < -0.39 is 15.6 Å². The fourth-order valence-corrected chi connectivity index (χ4v) is 2.31. The molecule has 0 amide bonds. The van der Waals surface area contributed by atoms with Crippen LogP contribution >= 0.6 is 0 Å². The van der Waals surface area contributed by atoms with Crippen molar-refractivity contribution in [2.45, 2.75) is 11.8 Å². The van der Waals surface area contributed by atoms with E-state index in [-0.39, 0.29) is 21.6 Å². The van der Waals surface area contributed by atoms with Crippen molar-refractivity contribution < 1.29 is 13.2 Å². The standard InChI is InChI=1S/C13H10N2O3S/c1-9(16)12(8-15)6-11-4-3-10(7-14)5-13(11)19(2,17)18/h3-6H,1-2H3. The maximum Gasteiger partial charge on any atom is 0.176 e. The third-order valence-corrected chi connectivity index (χ3v) is 3.49. The Morgan fingerprint density at radius 3 is 2.37 bits per heavy atom. The molecule has 5 nitrogen and oxygen atoms in total. The Hall–Kier alpha value is -2.44. The number of carbonyl (C=O) groups is 1. The summed E-state index contributed by atoms with van der Waals surface area (Å²) in [4.78, 5) is 11.1. The second kappa shape index (κ2) is 5.47. The first kappa shape index (κ1) is 14.6. The Kier molecular flexibility index (Phi) is 4.21. The van der Waals surface area contributed by atoms with Crippen LogP contribution in [0, 0.1) is 22.7 Å². The van der Waals surface area contributed by atoms with Crippen LogP contribution in [0.2, 0.25) is 0 Å². The van der Waals surface area contributed by atoms with E-state index in [1.807, 2.05) is 6.07 Å². The van der Waals surface area contributed by atoms with Gasteiger partial charge in [-0.25, -0.2) is 8.42 Å². The largest absolute Gasteiger partial charge is 0.294 e. The Labute approximate surface area is 111 Å². The summed E-state index contributed by atoms with van der Waals surface area (Å²) >= 11 is 0. The highest BCUT2D eigenvalue weighted by Crippen LogP contribution is 2.20. The van der Waals surface area contributed by atoms with Crippen LogP contribution in [-0.4, -0.2) is 20.5 Å². The molecule has 0 spiro atoms. The molecule has 96 valence electrons. The average molecular weight is 274 g/mol. The monoisotopic (exact) mass is 274 g/mol. The van der Waals surface area contributed by atoms with Gasteiger partial charge in [-0.3, -0.25) is 4.79 Å². The van der Waals surface area contributed by atoms with E-state index in [1.54, 1.807) is 6.07 Å². The summed E-state index contributed by atoms with van der Waals surface area (Å²) in [5, 5.41) is 17.6. The summed E-state index contributed by atoms with van der Waals surface area (Å²) in [6.45, 7) is 1.22. The van der Waals surface area contributed by atoms with Crippen molar-refractivity contribution in [1.29, 1.82) is 10.5 Å². The summed E-state index contributed by atoms with van der Waals surface area (Å²) in [5.41, 5.74) is 0.266. The van der Waals surface area contributed by atoms with Crippen LogP contribution in [-0.2, 0) is 14.6 Å². The third kappa shape index (κ3) is 3.51. The van der Waals surface area contributed by atoms with Gasteiger partial charge in [-0.2, -0.15) is 10.5 Å². The number of carbonyl (C=O) groups excluding carboxylic acids is 1. The third-order valence-electron chi connectivity index (χ3n) is 2.34. The molecule has 0 N–H and O–H groups in total. The van der Waals surface area contributed by atoms with Crippen LogP contribution in [0.25, 0.3) is 6.08 Å². The second-order valence-corrected chi connectivity index (χ2v) is 5.85. The number of rotatable bonds is 3. The number of hydrogen-bond acceptors (Lipinski definition) is 5. The topological polar surface area (TPSA) is 98.8 Å². The summed E-state index contributed by atoms with van der Waals surface area (Å²) in [6, 6.07) is 7.59. The van der Waals surface area contributed by atoms with Crippen molar-refractivity contribution >= 4 is 21.7 Å². The van der Waals surface area contributed by atoms with Gasteiger partial charge in [0.25, 0.3) is 0 Å². The van der Waals surface area contributed by atoms with Crippen molar-refractivity contribution in [3.63, 3.8) is 0 Å². The van der Waals surface area contributed by atoms with Gasteiger partial charge in [-0.15, -0.1) is 0 Å². The smallest absolute Gasteiger partial charge is 0.176 e. The number of ketones is 1. The minimum absolute atomic E-state index is 0.0828. The highest BCUT2D eigenvalue weighted by atomic mass is 32.2. The summed E-state index contributed by atoms with van der Waals surface area (Å²) in [5.74, 6) is -0.452. The molecule has 0 unspecified atom stereocenters. The van der Waals surface area contributed by atoms with E-state index in [1.165, 1.54) is 31.2 Å². The Morgan fingerprint density at radius 1 is 1.32 bits per heavy atom. The minimum Gasteiger partial charge on any atom is -0.294 e. The molecule has 0 atom stereocenters. The van der Waals surface area contributed by atoms with Gasteiger partial charge in [0, 0.05) is 6.26 Å². The van der Waals surface area contributed by atoms with E-state index in [2.05, 4.69) is 0 Å². The number of nitrogens with zero attached hydrogens (tertiary/aromatic N) is 2. The van der Waals surface area contributed by atoms with E-state index in [0.29, 0.717) is 0 Å². The predicted molar refractivity (Wildman–Crippen MR) is 68.5 cm³/mol. The number of sulfone groups is 1. The van der Waals surface area contributed by atoms with Crippen LogP contribution < -0.4 is 0 Å². The van der Waals surface area contributed by atoms with Gasteiger partial charge in [-0.05, 0) is 30.7 Å². The molecule has 19 heavy (non-hydrogen) atoms. The lowest BCUT2D eigenvalue weighted by atomic mass is 10.1. The van der Waals surface area contributed by atoms with E-state index in [4.69, 9.17) is 10.5 Å². The number of allylic oxidation sites excluding steroid dienone is 1. The highest BCUT2D eigenvalue weighted by molar-refractivity contribution is 7.90.